The van der Waals surface area contributed by atoms with Crippen molar-refractivity contribution in [1.82, 2.24) is 0 Å². The van der Waals surface area contributed by atoms with Gasteiger partial charge in [-0.25, -0.2) is 4.79 Å². The van der Waals surface area contributed by atoms with Gasteiger partial charge in [-0.05, 0) is 36.6 Å². The Balaban J connectivity index is 2.53. The van der Waals surface area contributed by atoms with E-state index in [0.29, 0.717) is 12.0 Å². The van der Waals surface area contributed by atoms with Crippen molar-refractivity contribution >= 4 is 17.9 Å². The Labute approximate surface area is 176 Å². The second-order valence-corrected chi connectivity index (χ2v) is 7.79. The summed E-state index contributed by atoms with van der Waals surface area (Å²) in [7, 11) is 0. The molecule has 2 aliphatic rings. The first-order chi connectivity index (χ1) is 14.1. The van der Waals surface area contributed by atoms with Gasteiger partial charge in [0.05, 0.1) is 24.5 Å². The molecule has 0 amide bonds. The molecule has 0 radical (unpaired) electrons. The Bertz CT molecular complexity index is 765. The van der Waals surface area contributed by atoms with E-state index in [4.69, 9.17) is 14.2 Å². The van der Waals surface area contributed by atoms with Gasteiger partial charge >= 0.3 is 17.9 Å². The summed E-state index contributed by atoms with van der Waals surface area (Å²) in [5, 5.41) is 20.5. The van der Waals surface area contributed by atoms with Crippen molar-refractivity contribution in [3.8, 4) is 0 Å². The molecular weight excluding hydrogens is 392 g/mol. The molecule has 2 N–H and O–H groups in total. The highest BCUT2D eigenvalue weighted by Crippen LogP contribution is 2.36. The van der Waals surface area contributed by atoms with Gasteiger partial charge in [0, 0.05) is 18.9 Å². The van der Waals surface area contributed by atoms with Crippen LogP contribution >= 0.6 is 0 Å². The second-order valence-electron chi connectivity index (χ2n) is 7.79. The van der Waals surface area contributed by atoms with Crippen LogP contribution in [0.1, 0.15) is 40.5 Å². The summed E-state index contributed by atoms with van der Waals surface area (Å²) >= 11 is 0. The van der Waals surface area contributed by atoms with Crippen molar-refractivity contribution in [2.24, 2.45) is 11.8 Å². The fourth-order valence-corrected chi connectivity index (χ4v) is 3.47. The van der Waals surface area contributed by atoms with Crippen LogP contribution in [0.15, 0.2) is 35.5 Å². The van der Waals surface area contributed by atoms with Crippen LogP contribution in [0.25, 0.3) is 0 Å². The summed E-state index contributed by atoms with van der Waals surface area (Å²) in [5.41, 5.74) is 0.876. The van der Waals surface area contributed by atoms with Gasteiger partial charge in [-0.2, -0.15) is 0 Å². The molecule has 6 atom stereocenters. The van der Waals surface area contributed by atoms with Gasteiger partial charge in [0.1, 0.15) is 18.3 Å². The van der Waals surface area contributed by atoms with E-state index in [1.54, 1.807) is 19.9 Å². The molecule has 8 heteroatoms. The summed E-state index contributed by atoms with van der Waals surface area (Å²) in [6.45, 7) is 9.80. The highest BCUT2D eigenvalue weighted by atomic mass is 16.6. The van der Waals surface area contributed by atoms with Crippen LogP contribution in [0.5, 0.6) is 0 Å². The fraction of sp³-hybridized carbons (Fsp3) is 0.591. The molecule has 30 heavy (non-hydrogen) atoms. The van der Waals surface area contributed by atoms with E-state index in [0.717, 1.165) is 0 Å². The molecule has 0 aromatic carbocycles. The molecule has 0 saturated carbocycles. The quantitative estimate of drug-likeness (QED) is 0.297. The first kappa shape index (κ1) is 23.8. The first-order valence-electron chi connectivity index (χ1n) is 10.0. The molecule has 166 valence electrons. The molecule has 0 spiro atoms. The third kappa shape index (κ3) is 5.37. The fourth-order valence-electron chi connectivity index (χ4n) is 3.47. The Hall–Kier alpha value is -2.45. The normalized spacial score (nSPS) is 33.9. The summed E-state index contributed by atoms with van der Waals surface area (Å²) in [6.07, 6.45) is -0.0639. The molecule has 2 rings (SSSR count). The third-order valence-electron chi connectivity index (χ3n) is 5.56. The molecule has 0 unspecified atom stereocenters. The zero-order valence-electron chi connectivity index (χ0n) is 17.8. The standard InChI is InChI=1S/C22H30O8/c1-6-11(2)21(26)29-18-7-12(3)16(25)9-17(28-14(5)24)15(10-23)8-19-20(18)13(4)22(27)30-19/h7-8,11,16-20,23,25H,4,6,9-10H2,1-3,5H3/b12-7-,15-8+/t11-,16+,17-,18-,19+,20+/m1/s1. The number of fused-ring (bicyclic) bond motifs is 1. The second kappa shape index (κ2) is 10.0. The Morgan fingerprint density at radius 2 is 2.00 bits per heavy atom. The van der Waals surface area contributed by atoms with Crippen molar-refractivity contribution < 1.29 is 38.8 Å². The highest BCUT2D eigenvalue weighted by Gasteiger charge is 2.45. The Morgan fingerprint density at radius 1 is 1.33 bits per heavy atom. The molecule has 0 aromatic heterocycles. The minimum Gasteiger partial charge on any atom is -0.458 e. The number of aliphatic hydroxyl groups is 2. The van der Waals surface area contributed by atoms with E-state index < -0.39 is 54.8 Å². The predicted octanol–water partition coefficient (Wildman–Crippen LogP) is 1.60. The molecule has 1 aliphatic carbocycles. The van der Waals surface area contributed by atoms with Crippen LogP contribution in [0, 0.1) is 11.8 Å². The SMILES string of the molecule is C=C1C(=O)O[C@H]2/C=C(\CO)[C@H](OC(C)=O)C[C@H](O)/C(C)=C\[C@@H](OC(=O)[C@H](C)CC)[C@H]12. The van der Waals surface area contributed by atoms with Crippen molar-refractivity contribution in [2.45, 2.75) is 65.0 Å². The topological polar surface area (TPSA) is 119 Å². The molecule has 1 fully saturated rings. The lowest BCUT2D eigenvalue weighted by Crippen LogP contribution is -2.36. The van der Waals surface area contributed by atoms with Crippen molar-refractivity contribution in [3.05, 3.63) is 35.5 Å². The van der Waals surface area contributed by atoms with Crippen LogP contribution < -0.4 is 0 Å². The number of ether oxygens (including phenoxy) is 3. The molecule has 1 saturated heterocycles. The van der Waals surface area contributed by atoms with Crippen molar-refractivity contribution in [1.29, 1.82) is 0 Å². The monoisotopic (exact) mass is 422 g/mol. The average Bonchev–Trinajstić information content (AvgIpc) is 2.96. The third-order valence-corrected chi connectivity index (χ3v) is 5.56. The van der Waals surface area contributed by atoms with Crippen LogP contribution in [0.4, 0.5) is 0 Å². The molecule has 8 nitrogen and oxygen atoms in total. The smallest absolute Gasteiger partial charge is 0.334 e. The lowest BCUT2D eigenvalue weighted by atomic mass is 9.85. The molecule has 0 bridgehead atoms. The summed E-state index contributed by atoms with van der Waals surface area (Å²) in [4.78, 5) is 36.2. The van der Waals surface area contributed by atoms with Gasteiger partial charge in [-0.15, -0.1) is 0 Å². The van der Waals surface area contributed by atoms with Gasteiger partial charge in [-0.1, -0.05) is 20.4 Å². The van der Waals surface area contributed by atoms with E-state index in [1.165, 1.54) is 13.0 Å². The van der Waals surface area contributed by atoms with Gasteiger partial charge in [0.15, 0.2) is 0 Å². The van der Waals surface area contributed by atoms with Crippen molar-refractivity contribution in [2.75, 3.05) is 6.61 Å². The Kier molecular flexibility index (Phi) is 7.97. The van der Waals surface area contributed by atoms with E-state index in [-0.39, 0.29) is 23.5 Å². The van der Waals surface area contributed by atoms with Gasteiger partial charge in [-0.3, -0.25) is 9.59 Å². The lowest BCUT2D eigenvalue weighted by Gasteiger charge is -2.29. The molecular formula is C22H30O8. The van der Waals surface area contributed by atoms with Crippen LogP contribution in [0.3, 0.4) is 0 Å². The minimum absolute atomic E-state index is 0.00733. The van der Waals surface area contributed by atoms with Gasteiger partial charge in [0.2, 0.25) is 0 Å². The molecule has 1 heterocycles. The zero-order chi connectivity index (χ0) is 22.6. The molecule has 0 aromatic rings. The van der Waals surface area contributed by atoms with E-state index in [1.807, 2.05) is 6.92 Å². The summed E-state index contributed by atoms with van der Waals surface area (Å²) < 4.78 is 16.4. The van der Waals surface area contributed by atoms with Crippen LogP contribution in [0.2, 0.25) is 0 Å². The summed E-state index contributed by atoms with van der Waals surface area (Å²) in [5.74, 6) is -2.74. The number of esters is 3. The maximum Gasteiger partial charge on any atom is 0.334 e. The largest absolute Gasteiger partial charge is 0.458 e. The van der Waals surface area contributed by atoms with Crippen LogP contribution in [-0.4, -0.2) is 59.1 Å². The predicted molar refractivity (Wildman–Crippen MR) is 107 cm³/mol. The number of carbonyl (C=O) groups is 3. The van der Waals surface area contributed by atoms with Crippen LogP contribution in [-0.2, 0) is 28.6 Å². The number of rotatable bonds is 5. The lowest BCUT2D eigenvalue weighted by molar-refractivity contribution is -0.154. The Morgan fingerprint density at radius 3 is 2.57 bits per heavy atom. The average molecular weight is 422 g/mol. The number of hydrogen-bond acceptors (Lipinski definition) is 8. The van der Waals surface area contributed by atoms with Crippen molar-refractivity contribution in [3.63, 3.8) is 0 Å². The maximum absolute atomic E-state index is 12.5. The number of hydrogen-bond donors (Lipinski definition) is 2. The maximum atomic E-state index is 12.5. The molecule has 1 aliphatic heterocycles. The number of carbonyl (C=O) groups excluding carboxylic acids is 3. The first-order valence-corrected chi connectivity index (χ1v) is 10.0. The highest BCUT2D eigenvalue weighted by molar-refractivity contribution is 5.91. The zero-order valence-corrected chi connectivity index (χ0v) is 17.8. The van der Waals surface area contributed by atoms with Gasteiger partial charge in [0.25, 0.3) is 0 Å². The number of aliphatic hydroxyl groups excluding tert-OH is 2. The minimum atomic E-state index is -1.03. The van der Waals surface area contributed by atoms with E-state index in [2.05, 4.69) is 6.58 Å². The van der Waals surface area contributed by atoms with E-state index in [9.17, 15) is 24.6 Å². The van der Waals surface area contributed by atoms with Gasteiger partial charge < -0.3 is 24.4 Å². The van der Waals surface area contributed by atoms with E-state index >= 15 is 0 Å². The summed E-state index contributed by atoms with van der Waals surface area (Å²) in [6, 6.07) is 0.